The maximum atomic E-state index is 13.0. The second kappa shape index (κ2) is 17.2. The molecule has 1 heterocycles. The molecule has 16 heteroatoms. The standard InChI is InChI=1S/C27H35N3O13/c1-6-20(33)41-15-12-28-24(37)29(13-16-42-21(34)7-2)26(39)30(25(28)38)14-17-43-22(35)9-11-27(19(4)32,23(36)40-5)10-8-18(3)31/h6-7H,1-2,8-17H2,3-5H3. The van der Waals surface area contributed by atoms with Gasteiger partial charge in [0.25, 0.3) is 0 Å². The number of aromatic nitrogens is 3. The molecule has 0 amide bonds. The number of ether oxygens (including phenoxy) is 4. The summed E-state index contributed by atoms with van der Waals surface area (Å²) in [6.45, 7) is 6.14. The molecule has 0 aliphatic rings. The van der Waals surface area contributed by atoms with Gasteiger partial charge in [0.15, 0.2) is 0 Å². The van der Waals surface area contributed by atoms with Gasteiger partial charge in [-0.2, -0.15) is 0 Å². The van der Waals surface area contributed by atoms with Crippen molar-refractivity contribution in [2.45, 2.75) is 59.2 Å². The Labute approximate surface area is 245 Å². The highest BCUT2D eigenvalue weighted by molar-refractivity contribution is 6.03. The van der Waals surface area contributed by atoms with Crippen molar-refractivity contribution in [3.05, 3.63) is 56.8 Å². The van der Waals surface area contributed by atoms with Crippen molar-refractivity contribution < 1.29 is 47.7 Å². The van der Waals surface area contributed by atoms with E-state index in [1.807, 2.05) is 0 Å². The van der Waals surface area contributed by atoms with Crippen LogP contribution >= 0.6 is 0 Å². The molecule has 0 fully saturated rings. The van der Waals surface area contributed by atoms with Gasteiger partial charge in [-0.1, -0.05) is 13.2 Å². The molecular weight excluding hydrogens is 574 g/mol. The van der Waals surface area contributed by atoms with E-state index in [-0.39, 0.29) is 25.0 Å². The topological polar surface area (TPSA) is 205 Å². The van der Waals surface area contributed by atoms with Gasteiger partial charge in [-0.25, -0.2) is 37.7 Å². The Morgan fingerprint density at radius 1 is 0.698 bits per heavy atom. The van der Waals surface area contributed by atoms with Crippen LogP contribution in [0.25, 0.3) is 0 Å². The van der Waals surface area contributed by atoms with Crippen LogP contribution in [-0.2, 0) is 67.3 Å². The van der Waals surface area contributed by atoms with Crippen LogP contribution in [0.1, 0.15) is 39.5 Å². The van der Waals surface area contributed by atoms with E-state index in [1.54, 1.807) is 0 Å². The molecule has 1 aromatic heterocycles. The van der Waals surface area contributed by atoms with Crippen LogP contribution in [0.15, 0.2) is 39.7 Å². The number of carbonyl (C=O) groups is 6. The molecule has 0 bridgehead atoms. The maximum absolute atomic E-state index is 13.0. The molecule has 0 aliphatic carbocycles. The molecular formula is C27H35N3O13. The summed E-state index contributed by atoms with van der Waals surface area (Å²) in [5, 5.41) is 0. The first-order chi connectivity index (χ1) is 20.2. The first kappa shape index (κ1) is 36.1. The summed E-state index contributed by atoms with van der Waals surface area (Å²) in [6.07, 6.45) is 0.727. The Balaban J connectivity index is 3.16. The predicted molar refractivity (Wildman–Crippen MR) is 147 cm³/mol. The summed E-state index contributed by atoms with van der Waals surface area (Å²) in [7, 11) is 1.07. The van der Waals surface area contributed by atoms with Crippen LogP contribution in [-0.4, -0.2) is 76.1 Å². The number of nitrogens with zero attached hydrogens (tertiary/aromatic N) is 3. The van der Waals surface area contributed by atoms with Crippen molar-refractivity contribution in [1.29, 1.82) is 0 Å². The summed E-state index contributed by atoms with van der Waals surface area (Å²) in [5.74, 6) is -4.28. The summed E-state index contributed by atoms with van der Waals surface area (Å²) in [5.41, 5.74) is -5.00. The van der Waals surface area contributed by atoms with E-state index in [2.05, 4.69) is 13.2 Å². The zero-order chi connectivity index (χ0) is 32.7. The first-order valence-electron chi connectivity index (χ1n) is 13.0. The summed E-state index contributed by atoms with van der Waals surface area (Å²) >= 11 is 0. The second-order valence-electron chi connectivity index (χ2n) is 9.10. The Kier molecular flexibility index (Phi) is 14.4. The van der Waals surface area contributed by atoms with E-state index >= 15 is 0 Å². The number of hydrogen-bond acceptors (Lipinski definition) is 13. The van der Waals surface area contributed by atoms with E-state index in [9.17, 15) is 43.2 Å². The van der Waals surface area contributed by atoms with E-state index < -0.39 is 98.0 Å². The number of carbonyl (C=O) groups excluding carboxylic acids is 6. The van der Waals surface area contributed by atoms with Crippen molar-refractivity contribution in [2.24, 2.45) is 5.41 Å². The number of methoxy groups -OCH3 is 1. The average molecular weight is 610 g/mol. The van der Waals surface area contributed by atoms with E-state index in [1.165, 1.54) is 6.92 Å². The third-order valence-electron chi connectivity index (χ3n) is 6.32. The Bertz CT molecular complexity index is 1370. The highest BCUT2D eigenvalue weighted by atomic mass is 16.5. The lowest BCUT2D eigenvalue weighted by atomic mass is 9.75. The van der Waals surface area contributed by atoms with Gasteiger partial charge < -0.3 is 23.7 Å². The van der Waals surface area contributed by atoms with Gasteiger partial charge >= 0.3 is 40.9 Å². The molecule has 1 rings (SSSR count). The third-order valence-corrected chi connectivity index (χ3v) is 6.32. The quantitative estimate of drug-likeness (QED) is 0.0805. The molecule has 1 aromatic rings. The van der Waals surface area contributed by atoms with Crippen LogP contribution in [0.2, 0.25) is 0 Å². The van der Waals surface area contributed by atoms with Crippen LogP contribution < -0.4 is 17.1 Å². The molecule has 0 radical (unpaired) electrons. The molecule has 236 valence electrons. The van der Waals surface area contributed by atoms with Crippen molar-refractivity contribution in [2.75, 3.05) is 26.9 Å². The minimum absolute atomic E-state index is 0.103. The van der Waals surface area contributed by atoms with Crippen molar-refractivity contribution in [3.8, 4) is 0 Å². The van der Waals surface area contributed by atoms with E-state index in [0.717, 1.165) is 26.2 Å². The SMILES string of the molecule is C=CC(=O)OCCn1c(=O)n(CCOC(=O)C=C)c(=O)n(CCOC(=O)CCC(CCC(C)=O)(C(C)=O)C(=O)OC)c1=O. The minimum atomic E-state index is -1.75. The Hall–Kier alpha value is -4.89. The number of ketones is 2. The van der Waals surface area contributed by atoms with Gasteiger partial charge in [0.1, 0.15) is 36.8 Å². The van der Waals surface area contributed by atoms with Gasteiger partial charge in [0.05, 0.1) is 26.7 Å². The number of rotatable bonds is 19. The molecule has 43 heavy (non-hydrogen) atoms. The lowest BCUT2D eigenvalue weighted by molar-refractivity contribution is -0.159. The summed E-state index contributed by atoms with van der Waals surface area (Å²) in [6, 6.07) is 0. The van der Waals surface area contributed by atoms with Gasteiger partial charge in [-0.15, -0.1) is 0 Å². The molecule has 0 spiro atoms. The smallest absolute Gasteiger partial charge is 0.336 e. The third kappa shape index (κ3) is 10.2. The molecule has 1 unspecified atom stereocenters. The molecule has 0 saturated heterocycles. The minimum Gasteiger partial charge on any atom is -0.468 e. The Morgan fingerprint density at radius 2 is 1.09 bits per heavy atom. The van der Waals surface area contributed by atoms with Crippen molar-refractivity contribution in [3.63, 3.8) is 0 Å². The fraction of sp³-hybridized carbons (Fsp3) is 0.519. The summed E-state index contributed by atoms with van der Waals surface area (Å²) < 4.78 is 21.3. The highest BCUT2D eigenvalue weighted by Gasteiger charge is 2.44. The van der Waals surface area contributed by atoms with Crippen LogP contribution in [0.4, 0.5) is 0 Å². The van der Waals surface area contributed by atoms with E-state index in [0.29, 0.717) is 13.7 Å². The summed E-state index contributed by atoms with van der Waals surface area (Å²) in [4.78, 5) is 110. The maximum Gasteiger partial charge on any atom is 0.336 e. The predicted octanol–water partition coefficient (Wildman–Crippen LogP) is -0.929. The molecule has 0 aliphatic heterocycles. The monoisotopic (exact) mass is 609 g/mol. The van der Waals surface area contributed by atoms with Gasteiger partial charge in [-0.05, 0) is 26.7 Å². The van der Waals surface area contributed by atoms with Crippen LogP contribution in [0, 0.1) is 5.41 Å². The molecule has 0 saturated carbocycles. The Morgan fingerprint density at radius 3 is 1.44 bits per heavy atom. The molecule has 0 N–H and O–H groups in total. The zero-order valence-electron chi connectivity index (χ0n) is 24.3. The van der Waals surface area contributed by atoms with E-state index in [4.69, 9.17) is 18.9 Å². The number of Topliss-reactive ketones (excluding diaryl/α,β-unsaturated/α-hetero) is 2. The second-order valence-corrected chi connectivity index (χ2v) is 9.10. The highest BCUT2D eigenvalue weighted by Crippen LogP contribution is 2.33. The molecule has 1 atom stereocenters. The molecule has 0 aromatic carbocycles. The van der Waals surface area contributed by atoms with Crippen molar-refractivity contribution in [1.82, 2.24) is 13.7 Å². The largest absolute Gasteiger partial charge is 0.468 e. The van der Waals surface area contributed by atoms with Gasteiger partial charge in [-0.3, -0.25) is 14.4 Å². The van der Waals surface area contributed by atoms with Gasteiger partial charge in [0.2, 0.25) is 0 Å². The molecule has 16 nitrogen and oxygen atoms in total. The lowest BCUT2D eigenvalue weighted by Crippen LogP contribution is -2.55. The van der Waals surface area contributed by atoms with Crippen LogP contribution in [0.5, 0.6) is 0 Å². The zero-order valence-corrected chi connectivity index (χ0v) is 24.3. The average Bonchev–Trinajstić information content (AvgIpc) is 2.97. The van der Waals surface area contributed by atoms with Crippen molar-refractivity contribution >= 4 is 35.4 Å². The first-order valence-corrected chi connectivity index (χ1v) is 13.0. The normalized spacial score (nSPS) is 11.9. The number of hydrogen-bond donors (Lipinski definition) is 0. The lowest BCUT2D eigenvalue weighted by Gasteiger charge is -2.27. The fourth-order valence-electron chi connectivity index (χ4n) is 3.90. The number of esters is 4. The fourth-order valence-corrected chi connectivity index (χ4v) is 3.90. The van der Waals surface area contributed by atoms with Crippen LogP contribution in [0.3, 0.4) is 0 Å². The van der Waals surface area contributed by atoms with Gasteiger partial charge in [0, 0.05) is 25.0 Å².